The molecule has 2 aromatic rings. The van der Waals surface area contributed by atoms with Crippen LogP contribution in [0.3, 0.4) is 0 Å². The van der Waals surface area contributed by atoms with Crippen molar-refractivity contribution in [3.05, 3.63) is 47.8 Å². The molecule has 2 aliphatic rings. The van der Waals surface area contributed by atoms with E-state index in [1.165, 1.54) is 11.0 Å². The second-order valence-electron chi connectivity index (χ2n) is 9.08. The van der Waals surface area contributed by atoms with Crippen molar-refractivity contribution in [1.29, 1.82) is 0 Å². The number of hydrogen-bond acceptors (Lipinski definition) is 5. The predicted molar refractivity (Wildman–Crippen MR) is 118 cm³/mol. The summed E-state index contributed by atoms with van der Waals surface area (Å²) in [5.74, 6) is -0.581. The van der Waals surface area contributed by atoms with E-state index < -0.39 is 41.9 Å². The first-order valence-electron chi connectivity index (χ1n) is 10.7. The molecule has 0 spiro atoms. The smallest absolute Gasteiger partial charge is 0.417 e. The van der Waals surface area contributed by atoms with E-state index in [4.69, 9.17) is 4.74 Å². The Morgan fingerprint density at radius 2 is 1.79 bits per heavy atom. The molecule has 0 unspecified atom stereocenters. The van der Waals surface area contributed by atoms with Crippen LogP contribution < -0.4 is 14.7 Å². The highest BCUT2D eigenvalue weighted by atomic mass is 19.4. The van der Waals surface area contributed by atoms with Gasteiger partial charge in [-0.3, -0.25) is 19.6 Å². The Kier molecular flexibility index (Phi) is 5.74. The van der Waals surface area contributed by atoms with Crippen molar-refractivity contribution < 1.29 is 32.3 Å². The summed E-state index contributed by atoms with van der Waals surface area (Å²) < 4.78 is 44.6. The van der Waals surface area contributed by atoms with Crippen LogP contribution in [0.15, 0.2) is 36.7 Å². The number of halogens is 3. The van der Waals surface area contributed by atoms with Crippen LogP contribution in [0.1, 0.15) is 38.3 Å². The minimum absolute atomic E-state index is 0.121. The van der Waals surface area contributed by atoms with E-state index in [2.05, 4.69) is 4.98 Å². The average Bonchev–Trinajstić information content (AvgIpc) is 3.05. The van der Waals surface area contributed by atoms with Crippen LogP contribution >= 0.6 is 0 Å². The fourth-order valence-corrected chi connectivity index (χ4v) is 3.92. The van der Waals surface area contributed by atoms with Gasteiger partial charge in [0.05, 0.1) is 28.8 Å². The van der Waals surface area contributed by atoms with Gasteiger partial charge in [0.15, 0.2) is 0 Å². The molecule has 180 valence electrons. The first-order valence-corrected chi connectivity index (χ1v) is 10.7. The Balaban J connectivity index is 1.60. The molecule has 1 fully saturated rings. The van der Waals surface area contributed by atoms with Gasteiger partial charge < -0.3 is 4.74 Å². The van der Waals surface area contributed by atoms with Gasteiger partial charge in [0.1, 0.15) is 12.1 Å². The molecule has 0 saturated carbocycles. The predicted octanol–water partition coefficient (Wildman–Crippen LogP) is 4.76. The molecule has 0 aliphatic carbocycles. The van der Waals surface area contributed by atoms with Crippen molar-refractivity contribution in [3.8, 4) is 0 Å². The SMILES string of the molecule is CC(C)(C)OC(=O)N1CCCc2cc(N3C(=O)CN(c4cncc(C(F)(F)F)c4)C3=O)ccc21. The fraction of sp³-hybridized carbons (Fsp3) is 0.391. The highest BCUT2D eigenvalue weighted by molar-refractivity contribution is 6.27. The summed E-state index contributed by atoms with van der Waals surface area (Å²) >= 11 is 0. The van der Waals surface area contributed by atoms with Crippen molar-refractivity contribution in [3.63, 3.8) is 0 Å². The Morgan fingerprint density at radius 1 is 1.06 bits per heavy atom. The minimum atomic E-state index is -4.63. The van der Waals surface area contributed by atoms with Gasteiger partial charge in [0.25, 0.3) is 5.91 Å². The molecule has 1 aromatic carbocycles. The summed E-state index contributed by atoms with van der Waals surface area (Å²) in [6.45, 7) is 5.38. The van der Waals surface area contributed by atoms with Crippen molar-refractivity contribution >= 4 is 35.1 Å². The number of hydrogen-bond donors (Lipinski definition) is 0. The number of carbonyl (C=O) groups excluding carboxylic acids is 3. The van der Waals surface area contributed by atoms with Crippen LogP contribution in [0.25, 0.3) is 0 Å². The number of aromatic nitrogens is 1. The summed E-state index contributed by atoms with van der Waals surface area (Å²) in [5, 5.41) is 0. The number of fused-ring (bicyclic) bond motifs is 1. The van der Waals surface area contributed by atoms with Gasteiger partial charge in [-0.25, -0.2) is 14.5 Å². The van der Waals surface area contributed by atoms with Crippen molar-refractivity contribution in [1.82, 2.24) is 4.98 Å². The molecule has 0 bridgehead atoms. The number of urea groups is 1. The molecule has 0 atom stereocenters. The highest BCUT2D eigenvalue weighted by Gasteiger charge is 2.40. The van der Waals surface area contributed by atoms with E-state index in [1.807, 2.05) is 0 Å². The Labute approximate surface area is 193 Å². The van der Waals surface area contributed by atoms with E-state index in [0.29, 0.717) is 31.3 Å². The molecule has 2 aliphatic heterocycles. The number of imide groups is 1. The molecule has 4 rings (SSSR count). The van der Waals surface area contributed by atoms with E-state index in [0.717, 1.165) is 27.6 Å². The second kappa shape index (κ2) is 8.30. The molecular formula is C23H23F3N4O4. The summed E-state index contributed by atoms with van der Waals surface area (Å²) in [6, 6.07) is 4.84. The summed E-state index contributed by atoms with van der Waals surface area (Å²) in [6.07, 6.45) is -2.07. The van der Waals surface area contributed by atoms with Crippen LogP contribution in [0.5, 0.6) is 0 Å². The van der Waals surface area contributed by atoms with Gasteiger partial charge in [0.2, 0.25) is 0 Å². The normalized spacial score (nSPS) is 16.7. The lowest BCUT2D eigenvalue weighted by Crippen LogP contribution is -2.40. The zero-order chi connectivity index (χ0) is 24.8. The lowest BCUT2D eigenvalue weighted by Gasteiger charge is -2.32. The molecule has 1 aromatic heterocycles. The van der Waals surface area contributed by atoms with Crippen LogP contribution in [0.2, 0.25) is 0 Å². The Bertz CT molecular complexity index is 1160. The van der Waals surface area contributed by atoms with Crippen LogP contribution in [-0.4, -0.2) is 41.7 Å². The highest BCUT2D eigenvalue weighted by Crippen LogP contribution is 2.35. The summed E-state index contributed by atoms with van der Waals surface area (Å²) in [7, 11) is 0. The van der Waals surface area contributed by atoms with Gasteiger partial charge in [-0.05, 0) is 63.4 Å². The molecule has 3 heterocycles. The average molecular weight is 476 g/mol. The maximum atomic E-state index is 13.1. The van der Waals surface area contributed by atoms with Gasteiger partial charge >= 0.3 is 18.3 Å². The van der Waals surface area contributed by atoms with Crippen molar-refractivity contribution in [2.75, 3.05) is 27.8 Å². The first kappa shape index (κ1) is 23.5. The molecule has 1 saturated heterocycles. The summed E-state index contributed by atoms with van der Waals surface area (Å²) in [5.41, 5.74) is -0.131. The topological polar surface area (TPSA) is 83.1 Å². The molecule has 0 radical (unpaired) electrons. The van der Waals surface area contributed by atoms with Crippen LogP contribution in [0, 0.1) is 0 Å². The minimum Gasteiger partial charge on any atom is -0.443 e. The van der Waals surface area contributed by atoms with E-state index >= 15 is 0 Å². The zero-order valence-electron chi connectivity index (χ0n) is 18.8. The second-order valence-corrected chi connectivity index (χ2v) is 9.08. The van der Waals surface area contributed by atoms with Gasteiger partial charge in [-0.15, -0.1) is 0 Å². The van der Waals surface area contributed by atoms with E-state index in [-0.39, 0.29) is 11.4 Å². The Hall–Kier alpha value is -3.63. The van der Waals surface area contributed by atoms with Gasteiger partial charge in [-0.2, -0.15) is 13.2 Å². The number of anilines is 3. The first-order chi connectivity index (χ1) is 15.8. The van der Waals surface area contributed by atoms with Crippen LogP contribution in [-0.2, 0) is 22.1 Å². The lowest BCUT2D eigenvalue weighted by atomic mass is 10.0. The lowest BCUT2D eigenvalue weighted by molar-refractivity contribution is -0.137. The van der Waals surface area contributed by atoms with Gasteiger partial charge in [0, 0.05) is 12.7 Å². The van der Waals surface area contributed by atoms with E-state index in [1.54, 1.807) is 32.9 Å². The number of alkyl halides is 3. The molecular weight excluding hydrogens is 453 g/mol. The number of aryl methyl sites for hydroxylation is 1. The summed E-state index contributed by atoms with van der Waals surface area (Å²) in [4.78, 5) is 45.3. The molecule has 8 nitrogen and oxygen atoms in total. The number of pyridine rings is 1. The number of carbonyl (C=O) groups is 3. The maximum Gasteiger partial charge on any atom is 0.417 e. The third-order valence-electron chi connectivity index (χ3n) is 5.38. The third-order valence-corrected chi connectivity index (χ3v) is 5.38. The molecule has 34 heavy (non-hydrogen) atoms. The number of amides is 4. The van der Waals surface area contributed by atoms with Gasteiger partial charge in [-0.1, -0.05) is 0 Å². The van der Waals surface area contributed by atoms with Crippen molar-refractivity contribution in [2.45, 2.75) is 45.4 Å². The fourth-order valence-electron chi connectivity index (χ4n) is 3.92. The third kappa shape index (κ3) is 4.55. The van der Waals surface area contributed by atoms with Crippen LogP contribution in [0.4, 0.5) is 39.8 Å². The molecule has 0 N–H and O–H groups in total. The molecule has 11 heteroatoms. The van der Waals surface area contributed by atoms with Crippen molar-refractivity contribution in [2.24, 2.45) is 0 Å². The number of ether oxygens (including phenoxy) is 1. The standard InChI is InChI=1S/C23H23F3N4O4/c1-22(2,3)34-21(33)28-8-4-5-14-9-16(6-7-18(14)28)30-19(31)13-29(20(30)32)17-10-15(11-27-12-17)23(24,25)26/h6-7,9-12H,4-5,8,13H2,1-3H3. The quantitative estimate of drug-likeness (QED) is 0.584. The number of rotatable bonds is 2. The monoisotopic (exact) mass is 476 g/mol. The Morgan fingerprint density at radius 3 is 2.47 bits per heavy atom. The maximum absolute atomic E-state index is 13.1. The number of benzene rings is 1. The zero-order valence-corrected chi connectivity index (χ0v) is 18.8. The largest absolute Gasteiger partial charge is 0.443 e. The molecule has 4 amide bonds. The van der Waals surface area contributed by atoms with E-state index in [9.17, 15) is 27.6 Å². The number of nitrogens with zero attached hydrogens (tertiary/aromatic N) is 4.